The Kier molecular flexibility index (Phi) is 2.26. The third kappa shape index (κ3) is 1.52. The number of nitrogen functional groups attached to an aromatic ring is 1. The van der Waals surface area contributed by atoms with Crippen LogP contribution in [0.2, 0.25) is 0 Å². The highest BCUT2D eigenvalue weighted by Crippen LogP contribution is 2.30. The molecule has 0 fully saturated rings. The van der Waals surface area contributed by atoms with Crippen molar-refractivity contribution in [3.05, 3.63) is 30.5 Å². The monoisotopic (exact) mass is 242 g/mol. The number of H-pyrrole nitrogens is 1. The molecule has 0 aliphatic rings. The molecule has 0 bridgehead atoms. The number of hydrogen-bond acceptors (Lipinski definition) is 3. The molecule has 0 aliphatic carbocycles. The van der Waals surface area contributed by atoms with E-state index in [0.717, 1.165) is 27.9 Å². The van der Waals surface area contributed by atoms with Gasteiger partial charge in [0.05, 0.1) is 12.8 Å². The number of benzene rings is 1. The Balaban J connectivity index is 2.18. The minimum Gasteiger partial charge on any atom is -0.497 e. The molecule has 2 heterocycles. The van der Waals surface area contributed by atoms with E-state index in [-0.39, 0.29) is 0 Å². The van der Waals surface area contributed by atoms with Crippen LogP contribution in [0.15, 0.2) is 30.5 Å². The molecule has 0 aliphatic heterocycles. The predicted octanol–water partition coefficient (Wildman–Crippen LogP) is 2.16. The van der Waals surface area contributed by atoms with Gasteiger partial charge in [0.15, 0.2) is 0 Å². The zero-order valence-corrected chi connectivity index (χ0v) is 10.3. The second-order valence-electron chi connectivity index (χ2n) is 4.19. The Labute approximate surface area is 104 Å². The van der Waals surface area contributed by atoms with Crippen LogP contribution >= 0.6 is 0 Å². The SMILES string of the molecule is COc1ccc2c(-c3cc(N)n(C)n3)c[nH]c2c1. The summed E-state index contributed by atoms with van der Waals surface area (Å²) in [6, 6.07) is 7.79. The quantitative estimate of drug-likeness (QED) is 0.723. The number of hydrogen-bond donors (Lipinski definition) is 2. The molecule has 0 atom stereocenters. The number of aromatic nitrogens is 3. The maximum Gasteiger partial charge on any atom is 0.121 e. The Hall–Kier alpha value is -2.43. The Morgan fingerprint density at radius 1 is 1.33 bits per heavy atom. The number of nitrogens with two attached hydrogens (primary N) is 1. The first-order valence-electron chi connectivity index (χ1n) is 5.64. The Bertz CT molecular complexity index is 691. The molecule has 92 valence electrons. The van der Waals surface area contributed by atoms with Crippen LogP contribution in [0.4, 0.5) is 5.82 Å². The number of methoxy groups -OCH3 is 1. The van der Waals surface area contributed by atoms with Gasteiger partial charge in [-0.2, -0.15) is 5.10 Å². The van der Waals surface area contributed by atoms with Crippen LogP contribution in [-0.4, -0.2) is 21.9 Å². The molecule has 0 saturated heterocycles. The lowest BCUT2D eigenvalue weighted by molar-refractivity contribution is 0.415. The second-order valence-corrected chi connectivity index (χ2v) is 4.19. The van der Waals surface area contributed by atoms with Crippen molar-refractivity contribution in [1.82, 2.24) is 14.8 Å². The average molecular weight is 242 g/mol. The molecule has 0 radical (unpaired) electrons. The van der Waals surface area contributed by atoms with Gasteiger partial charge in [0.2, 0.25) is 0 Å². The zero-order chi connectivity index (χ0) is 12.7. The van der Waals surface area contributed by atoms with Gasteiger partial charge in [-0.3, -0.25) is 4.68 Å². The molecule has 3 rings (SSSR count). The van der Waals surface area contributed by atoms with Crippen molar-refractivity contribution in [2.45, 2.75) is 0 Å². The summed E-state index contributed by atoms with van der Waals surface area (Å²) in [5.41, 5.74) is 8.74. The third-order valence-corrected chi connectivity index (χ3v) is 3.08. The van der Waals surface area contributed by atoms with Crippen molar-refractivity contribution in [3.63, 3.8) is 0 Å². The highest BCUT2D eigenvalue weighted by Gasteiger charge is 2.10. The van der Waals surface area contributed by atoms with E-state index in [2.05, 4.69) is 10.1 Å². The van der Waals surface area contributed by atoms with Crippen molar-refractivity contribution in [3.8, 4) is 17.0 Å². The van der Waals surface area contributed by atoms with E-state index < -0.39 is 0 Å². The van der Waals surface area contributed by atoms with Gasteiger partial charge in [-0.1, -0.05) is 0 Å². The lowest BCUT2D eigenvalue weighted by Crippen LogP contribution is -1.96. The largest absolute Gasteiger partial charge is 0.497 e. The number of nitrogens with zero attached hydrogens (tertiary/aromatic N) is 2. The zero-order valence-electron chi connectivity index (χ0n) is 10.3. The smallest absolute Gasteiger partial charge is 0.121 e. The van der Waals surface area contributed by atoms with Crippen LogP contribution in [0, 0.1) is 0 Å². The van der Waals surface area contributed by atoms with Crippen molar-refractivity contribution in [2.24, 2.45) is 7.05 Å². The maximum absolute atomic E-state index is 5.81. The molecular formula is C13H14N4O. The molecule has 1 aromatic carbocycles. The fourth-order valence-corrected chi connectivity index (χ4v) is 2.06. The van der Waals surface area contributed by atoms with E-state index >= 15 is 0 Å². The van der Waals surface area contributed by atoms with Gasteiger partial charge in [0, 0.05) is 41.8 Å². The molecule has 2 aromatic heterocycles. The van der Waals surface area contributed by atoms with Gasteiger partial charge < -0.3 is 15.5 Å². The van der Waals surface area contributed by atoms with Gasteiger partial charge in [-0.25, -0.2) is 0 Å². The number of ether oxygens (including phenoxy) is 1. The summed E-state index contributed by atoms with van der Waals surface area (Å²) in [5.74, 6) is 1.48. The number of anilines is 1. The molecule has 0 unspecified atom stereocenters. The highest BCUT2D eigenvalue weighted by atomic mass is 16.5. The summed E-state index contributed by atoms with van der Waals surface area (Å²) >= 11 is 0. The summed E-state index contributed by atoms with van der Waals surface area (Å²) in [6.07, 6.45) is 1.94. The summed E-state index contributed by atoms with van der Waals surface area (Å²) < 4.78 is 6.87. The Morgan fingerprint density at radius 2 is 2.17 bits per heavy atom. The summed E-state index contributed by atoms with van der Waals surface area (Å²) in [4.78, 5) is 3.22. The molecule has 0 spiro atoms. The van der Waals surface area contributed by atoms with Gasteiger partial charge in [0.1, 0.15) is 11.6 Å². The topological polar surface area (TPSA) is 68.9 Å². The van der Waals surface area contributed by atoms with E-state index in [9.17, 15) is 0 Å². The molecule has 5 heteroatoms. The van der Waals surface area contributed by atoms with E-state index in [4.69, 9.17) is 10.5 Å². The van der Waals surface area contributed by atoms with Crippen molar-refractivity contribution >= 4 is 16.7 Å². The average Bonchev–Trinajstić information content (AvgIpc) is 2.93. The highest BCUT2D eigenvalue weighted by molar-refractivity contribution is 5.95. The number of rotatable bonds is 2. The van der Waals surface area contributed by atoms with Crippen LogP contribution in [-0.2, 0) is 7.05 Å². The molecule has 0 amide bonds. The molecule has 3 aromatic rings. The summed E-state index contributed by atoms with van der Waals surface area (Å²) in [5, 5.41) is 5.49. The number of nitrogens with one attached hydrogen (secondary N) is 1. The van der Waals surface area contributed by atoms with E-state index in [0.29, 0.717) is 5.82 Å². The number of fused-ring (bicyclic) bond motifs is 1. The van der Waals surface area contributed by atoms with Gasteiger partial charge in [-0.15, -0.1) is 0 Å². The molecule has 0 saturated carbocycles. The van der Waals surface area contributed by atoms with Gasteiger partial charge >= 0.3 is 0 Å². The lowest BCUT2D eigenvalue weighted by Gasteiger charge is -1.99. The Morgan fingerprint density at radius 3 is 2.83 bits per heavy atom. The minimum atomic E-state index is 0.646. The predicted molar refractivity (Wildman–Crippen MR) is 71.5 cm³/mol. The normalized spacial score (nSPS) is 11.0. The van der Waals surface area contributed by atoms with E-state index in [1.165, 1.54) is 0 Å². The maximum atomic E-state index is 5.81. The first kappa shape index (κ1) is 10.7. The first-order valence-corrected chi connectivity index (χ1v) is 5.64. The number of aryl methyl sites for hydroxylation is 1. The standard InChI is InChI=1S/C13H14N4O/c1-17-13(14)6-12(16-17)10-7-15-11-5-8(18-2)3-4-9(10)11/h3-7,15H,14H2,1-2H3. The fraction of sp³-hybridized carbons (Fsp3) is 0.154. The fourth-order valence-electron chi connectivity index (χ4n) is 2.06. The number of aromatic amines is 1. The van der Waals surface area contributed by atoms with Crippen molar-refractivity contribution in [2.75, 3.05) is 12.8 Å². The van der Waals surface area contributed by atoms with Gasteiger partial charge in [-0.05, 0) is 12.1 Å². The van der Waals surface area contributed by atoms with Crippen LogP contribution in [0.25, 0.3) is 22.2 Å². The van der Waals surface area contributed by atoms with Crippen LogP contribution < -0.4 is 10.5 Å². The summed E-state index contributed by atoms with van der Waals surface area (Å²) in [6.45, 7) is 0. The minimum absolute atomic E-state index is 0.646. The first-order chi connectivity index (χ1) is 8.69. The van der Waals surface area contributed by atoms with Crippen LogP contribution in [0.5, 0.6) is 5.75 Å². The van der Waals surface area contributed by atoms with Crippen molar-refractivity contribution in [1.29, 1.82) is 0 Å². The lowest BCUT2D eigenvalue weighted by atomic mass is 10.1. The molecular weight excluding hydrogens is 228 g/mol. The van der Waals surface area contributed by atoms with Gasteiger partial charge in [0.25, 0.3) is 0 Å². The molecule has 3 N–H and O–H groups in total. The van der Waals surface area contributed by atoms with E-state index in [1.54, 1.807) is 11.8 Å². The second kappa shape index (κ2) is 3.80. The van der Waals surface area contributed by atoms with E-state index in [1.807, 2.05) is 37.5 Å². The molecule has 5 nitrogen and oxygen atoms in total. The van der Waals surface area contributed by atoms with Crippen LogP contribution in [0.3, 0.4) is 0 Å². The molecule has 18 heavy (non-hydrogen) atoms. The summed E-state index contributed by atoms with van der Waals surface area (Å²) in [7, 11) is 3.49. The van der Waals surface area contributed by atoms with Crippen molar-refractivity contribution < 1.29 is 4.74 Å². The third-order valence-electron chi connectivity index (χ3n) is 3.08. The van der Waals surface area contributed by atoms with Crippen LogP contribution in [0.1, 0.15) is 0 Å².